The molecule has 130 valence electrons. The van der Waals surface area contributed by atoms with Crippen LogP contribution < -0.4 is 0 Å². The normalized spacial score (nSPS) is 7.62. The van der Waals surface area contributed by atoms with Crippen molar-refractivity contribution in [2.45, 2.75) is 26.2 Å². The van der Waals surface area contributed by atoms with Gasteiger partial charge >= 0.3 is 45.2 Å². The van der Waals surface area contributed by atoms with Crippen LogP contribution in [0.2, 0.25) is 19.6 Å². The van der Waals surface area contributed by atoms with Crippen LogP contribution in [0.15, 0.2) is 30.3 Å². The van der Waals surface area contributed by atoms with Gasteiger partial charge in [-0.3, -0.25) is 0 Å². The molecule has 1 aromatic rings. The van der Waals surface area contributed by atoms with Crippen LogP contribution >= 0.6 is 0 Å². The van der Waals surface area contributed by atoms with E-state index in [1.165, 1.54) is 5.56 Å². The Morgan fingerprint density at radius 3 is 1.67 bits per heavy atom. The van der Waals surface area contributed by atoms with Crippen LogP contribution in [0.25, 0.3) is 0 Å². The Kier molecular flexibility index (Phi) is 42.6. The van der Waals surface area contributed by atoms with Crippen molar-refractivity contribution in [3.05, 3.63) is 75.0 Å². The molecule has 0 fully saturated rings. The zero-order chi connectivity index (χ0) is 19.1. The van der Waals surface area contributed by atoms with Crippen molar-refractivity contribution in [3.8, 4) is 0 Å². The summed E-state index contributed by atoms with van der Waals surface area (Å²) < 4.78 is 35.6. The van der Waals surface area contributed by atoms with Gasteiger partial charge in [0, 0.05) is 25.1 Å². The van der Waals surface area contributed by atoms with E-state index in [0.717, 1.165) is 6.61 Å². The molecule has 0 aliphatic rings. The minimum Gasteiger partial charge on any atom is 0 e. The van der Waals surface area contributed by atoms with Gasteiger partial charge in [0.15, 0.2) is 0 Å². The van der Waals surface area contributed by atoms with Gasteiger partial charge in [-0.05, 0) is 18.0 Å². The van der Waals surface area contributed by atoms with Gasteiger partial charge in [0.2, 0.25) is 0 Å². The second-order valence-corrected chi connectivity index (χ2v) is 9.83. The van der Waals surface area contributed by atoms with Crippen LogP contribution in [0.3, 0.4) is 0 Å². The number of ether oxygens (including phenoxy) is 1. The standard InChI is InChI=1S/C13H20OSi.4CO.Fe/c1-15(2,3)11-7-10-14-12-13-8-5-4-6-9-13;4*1-2;/h4-9,11H,10,12H2,1-3H3;;;;;. The predicted octanol–water partition coefficient (Wildman–Crippen LogP) is 3.34. The molecule has 2 radical (unpaired) electrons. The molecule has 0 aliphatic heterocycles. The van der Waals surface area contributed by atoms with Crippen LogP contribution in [-0.2, 0) is 47.0 Å². The SMILES string of the molecule is C[Si](C)(C)[CH][CH]COCc1ccccc1.[C-]#[O+].[C-]#[O+].[C-]#[O+].[C-]#[O+].[Fe]. The van der Waals surface area contributed by atoms with Gasteiger partial charge in [-0.15, -0.1) is 0 Å². The van der Waals surface area contributed by atoms with Gasteiger partial charge in [-0.25, -0.2) is 0 Å². The first kappa shape index (κ1) is 34.3. The minimum absolute atomic E-state index is 0. The Balaban J connectivity index is -0.000000117. The summed E-state index contributed by atoms with van der Waals surface area (Å²) in [6.07, 6.45) is 2.15. The third kappa shape index (κ3) is 32.7. The quantitative estimate of drug-likeness (QED) is 0.318. The van der Waals surface area contributed by atoms with Crippen molar-refractivity contribution in [3.63, 3.8) is 0 Å². The molecule has 0 N–H and O–H groups in total. The van der Waals surface area contributed by atoms with Crippen LogP contribution in [0, 0.1) is 39.1 Å². The van der Waals surface area contributed by atoms with E-state index in [2.05, 4.69) is 70.8 Å². The largest absolute Gasteiger partial charge is 0 e. The smallest absolute Gasteiger partial charge is 0 e. The van der Waals surface area contributed by atoms with Crippen molar-refractivity contribution in [2.24, 2.45) is 0 Å². The first-order chi connectivity index (χ1) is 11.1. The van der Waals surface area contributed by atoms with E-state index in [4.69, 9.17) is 23.3 Å². The fourth-order valence-electron chi connectivity index (χ4n) is 1.22. The van der Waals surface area contributed by atoms with E-state index >= 15 is 0 Å². The zero-order valence-corrected chi connectivity index (χ0v) is 16.0. The van der Waals surface area contributed by atoms with Crippen LogP contribution in [0.4, 0.5) is 0 Å². The summed E-state index contributed by atoms with van der Waals surface area (Å²) in [7, 11) is -1.05. The second kappa shape index (κ2) is 29.8. The Bertz CT molecular complexity index is 397. The maximum Gasteiger partial charge on any atom is 0 e. The zero-order valence-electron chi connectivity index (χ0n) is 13.9. The second-order valence-electron chi connectivity index (χ2n) is 4.77. The average molecular weight is 388 g/mol. The van der Waals surface area contributed by atoms with Gasteiger partial charge in [-0.1, -0.05) is 50.0 Å². The first-order valence-corrected chi connectivity index (χ1v) is 9.77. The Morgan fingerprint density at radius 1 is 0.875 bits per heavy atom. The molecule has 0 spiro atoms. The molecule has 0 heterocycles. The summed E-state index contributed by atoms with van der Waals surface area (Å²) in [5, 5.41) is 0. The van der Waals surface area contributed by atoms with E-state index < -0.39 is 8.07 Å². The molecule has 0 amide bonds. The summed E-state index contributed by atoms with van der Waals surface area (Å²) >= 11 is 0. The molecule has 1 rings (SSSR count). The van der Waals surface area contributed by atoms with Crippen LogP contribution in [0.1, 0.15) is 5.56 Å². The molecular weight excluding hydrogens is 368 g/mol. The first-order valence-electron chi connectivity index (χ1n) is 6.19. The van der Waals surface area contributed by atoms with Gasteiger partial charge in [-0.2, -0.15) is 0 Å². The van der Waals surface area contributed by atoms with Gasteiger partial charge < -0.3 is 4.74 Å². The molecule has 0 unspecified atom stereocenters. The van der Waals surface area contributed by atoms with Crippen molar-refractivity contribution in [2.75, 3.05) is 6.61 Å². The van der Waals surface area contributed by atoms with Crippen LogP contribution in [-0.4, -0.2) is 14.7 Å². The number of benzene rings is 1. The van der Waals surface area contributed by atoms with E-state index in [0.29, 0.717) is 6.61 Å². The summed E-state index contributed by atoms with van der Waals surface area (Å²) in [4.78, 5) is 0. The third-order valence-corrected chi connectivity index (χ3v) is 3.18. The van der Waals surface area contributed by atoms with Crippen molar-refractivity contribution in [1.82, 2.24) is 0 Å². The van der Waals surface area contributed by atoms with E-state index in [-0.39, 0.29) is 17.1 Å². The molecule has 0 saturated heterocycles. The van der Waals surface area contributed by atoms with Crippen molar-refractivity contribution < 1.29 is 40.4 Å². The summed E-state index contributed by atoms with van der Waals surface area (Å²) in [5.41, 5.74) is 1.24. The molecule has 5 nitrogen and oxygen atoms in total. The maximum absolute atomic E-state index is 7.50. The molecule has 0 aliphatic carbocycles. The fraction of sp³-hybridized carbons (Fsp3) is 0.294. The van der Waals surface area contributed by atoms with E-state index in [1.807, 2.05) is 18.2 Å². The van der Waals surface area contributed by atoms with Crippen molar-refractivity contribution >= 4 is 8.07 Å². The number of hydrogen-bond acceptors (Lipinski definition) is 1. The van der Waals surface area contributed by atoms with E-state index in [1.54, 1.807) is 0 Å². The van der Waals surface area contributed by atoms with Gasteiger partial charge in [0.25, 0.3) is 0 Å². The molecule has 0 aromatic heterocycles. The monoisotopic (exact) mass is 388 g/mol. The third-order valence-electron chi connectivity index (χ3n) is 1.94. The number of hydrogen-bond donors (Lipinski definition) is 0. The predicted molar refractivity (Wildman–Crippen MR) is 83.8 cm³/mol. The average Bonchev–Trinajstić information content (AvgIpc) is 2.62. The molecule has 24 heavy (non-hydrogen) atoms. The number of rotatable bonds is 6. The van der Waals surface area contributed by atoms with Gasteiger partial charge in [0.1, 0.15) is 0 Å². The summed E-state index contributed by atoms with van der Waals surface area (Å²) in [6.45, 7) is 26.4. The molecule has 1 aromatic carbocycles. The molecule has 0 bridgehead atoms. The molecular formula is C17H20FeO5Si. The Hall–Kier alpha value is -1.12. The van der Waals surface area contributed by atoms with Crippen molar-refractivity contribution in [1.29, 1.82) is 0 Å². The van der Waals surface area contributed by atoms with Crippen LogP contribution in [0.5, 0.6) is 0 Å². The molecule has 0 atom stereocenters. The topological polar surface area (TPSA) is 88.8 Å². The Morgan fingerprint density at radius 2 is 1.29 bits per heavy atom. The molecule has 7 heteroatoms. The summed E-state index contributed by atoms with van der Waals surface area (Å²) in [6, 6.07) is 12.6. The minimum atomic E-state index is -1.05. The summed E-state index contributed by atoms with van der Waals surface area (Å²) in [5.74, 6) is 0. The Labute approximate surface area is 156 Å². The maximum atomic E-state index is 7.50. The fourth-order valence-corrected chi connectivity index (χ4v) is 2.02. The van der Waals surface area contributed by atoms with E-state index in [9.17, 15) is 0 Å². The van der Waals surface area contributed by atoms with Gasteiger partial charge in [0.05, 0.1) is 13.2 Å². The molecule has 0 saturated carbocycles.